The molecule has 0 spiro atoms. The van der Waals surface area contributed by atoms with Gasteiger partial charge in [0.2, 0.25) is 0 Å². The van der Waals surface area contributed by atoms with Gasteiger partial charge in [-0.15, -0.1) is 0 Å². The molecule has 0 radical (unpaired) electrons. The Morgan fingerprint density at radius 1 is 1.03 bits per heavy atom. The van der Waals surface area contributed by atoms with Gasteiger partial charge in [-0.3, -0.25) is 9.10 Å². The highest BCUT2D eigenvalue weighted by Crippen LogP contribution is 2.24. The second-order valence-corrected chi connectivity index (χ2v) is 9.90. The molecule has 1 aliphatic rings. The van der Waals surface area contributed by atoms with Gasteiger partial charge in [0.1, 0.15) is 0 Å². The van der Waals surface area contributed by atoms with Gasteiger partial charge >= 0.3 is 5.97 Å². The minimum absolute atomic E-state index is 0.0729. The van der Waals surface area contributed by atoms with Crippen LogP contribution in [-0.2, 0) is 19.6 Å². The number of nitrogens with zero attached hydrogens (tertiary/aromatic N) is 1. The summed E-state index contributed by atoms with van der Waals surface area (Å²) in [7, 11) is -3.78. The maximum Gasteiger partial charge on any atom is 0.338 e. The highest BCUT2D eigenvalue weighted by molar-refractivity contribution is 7.92. The zero-order valence-corrected chi connectivity index (χ0v) is 19.3. The van der Waals surface area contributed by atoms with Gasteiger partial charge in [-0.05, 0) is 62.1 Å². The standard InChI is InChI=1S/C24H30N2O5S/c1-3-26(20-10-5-4-6-11-20)32(29,30)21-15-13-19(14-16-21)24(28)31-17-23(27)25-22-12-8-7-9-18(22)2/h4-6,10-11,13-16,18,22H,3,7-9,12,17H2,1-2H3,(H,25,27). The number of esters is 1. The second kappa shape index (κ2) is 10.6. The van der Waals surface area contributed by atoms with Crippen molar-refractivity contribution < 1.29 is 22.7 Å². The minimum atomic E-state index is -3.78. The van der Waals surface area contributed by atoms with E-state index in [2.05, 4.69) is 12.2 Å². The van der Waals surface area contributed by atoms with Crippen LogP contribution in [0.2, 0.25) is 0 Å². The van der Waals surface area contributed by atoms with Crippen molar-refractivity contribution in [2.45, 2.75) is 50.5 Å². The van der Waals surface area contributed by atoms with Crippen LogP contribution >= 0.6 is 0 Å². The number of hydrogen-bond acceptors (Lipinski definition) is 5. The van der Waals surface area contributed by atoms with Crippen molar-refractivity contribution in [3.05, 3.63) is 60.2 Å². The van der Waals surface area contributed by atoms with Crippen molar-refractivity contribution in [1.29, 1.82) is 0 Å². The van der Waals surface area contributed by atoms with E-state index in [-0.39, 0.29) is 35.6 Å². The van der Waals surface area contributed by atoms with Gasteiger partial charge < -0.3 is 10.1 Å². The molecule has 32 heavy (non-hydrogen) atoms. The molecule has 172 valence electrons. The zero-order valence-electron chi connectivity index (χ0n) is 18.5. The van der Waals surface area contributed by atoms with Crippen molar-refractivity contribution in [3.63, 3.8) is 0 Å². The molecule has 1 N–H and O–H groups in total. The van der Waals surface area contributed by atoms with Gasteiger partial charge in [0, 0.05) is 12.6 Å². The Morgan fingerprint density at radius 3 is 2.31 bits per heavy atom. The maximum atomic E-state index is 13.0. The first-order valence-corrected chi connectivity index (χ1v) is 12.4. The molecule has 0 bridgehead atoms. The van der Waals surface area contributed by atoms with Crippen molar-refractivity contribution >= 4 is 27.6 Å². The number of rotatable bonds is 8. The number of carbonyl (C=O) groups is 2. The minimum Gasteiger partial charge on any atom is -0.452 e. The van der Waals surface area contributed by atoms with E-state index in [1.54, 1.807) is 31.2 Å². The van der Waals surface area contributed by atoms with E-state index in [0.717, 1.165) is 19.3 Å². The highest BCUT2D eigenvalue weighted by atomic mass is 32.2. The largest absolute Gasteiger partial charge is 0.452 e. The van der Waals surface area contributed by atoms with Gasteiger partial charge in [-0.1, -0.05) is 38.0 Å². The van der Waals surface area contributed by atoms with Crippen LogP contribution < -0.4 is 9.62 Å². The molecule has 7 nitrogen and oxygen atoms in total. The van der Waals surface area contributed by atoms with Crippen LogP contribution in [-0.4, -0.2) is 39.5 Å². The quantitative estimate of drug-likeness (QED) is 0.608. The normalized spacial score (nSPS) is 18.6. The average Bonchev–Trinajstić information content (AvgIpc) is 2.80. The number of hydrogen-bond donors (Lipinski definition) is 1. The smallest absolute Gasteiger partial charge is 0.338 e. The summed E-state index contributed by atoms with van der Waals surface area (Å²) in [5.41, 5.74) is 0.752. The van der Waals surface area contributed by atoms with Crippen molar-refractivity contribution in [2.24, 2.45) is 5.92 Å². The predicted octanol–water partition coefficient (Wildman–Crippen LogP) is 3.75. The lowest BCUT2D eigenvalue weighted by atomic mass is 9.86. The third-order valence-electron chi connectivity index (χ3n) is 5.80. The molecule has 3 rings (SSSR count). The van der Waals surface area contributed by atoms with E-state index < -0.39 is 16.0 Å². The third kappa shape index (κ3) is 5.68. The second-order valence-electron chi connectivity index (χ2n) is 8.04. The summed E-state index contributed by atoms with van der Waals surface area (Å²) in [6, 6.07) is 14.5. The summed E-state index contributed by atoms with van der Waals surface area (Å²) < 4.78 is 32.5. The van der Waals surface area contributed by atoms with E-state index in [4.69, 9.17) is 4.74 Å². The topological polar surface area (TPSA) is 92.8 Å². The Hall–Kier alpha value is -2.87. The first-order valence-electron chi connectivity index (χ1n) is 11.0. The predicted molar refractivity (Wildman–Crippen MR) is 123 cm³/mol. The van der Waals surface area contributed by atoms with E-state index >= 15 is 0 Å². The van der Waals surface area contributed by atoms with Gasteiger partial charge in [0.25, 0.3) is 15.9 Å². The molecule has 0 aromatic heterocycles. The molecule has 1 fully saturated rings. The Labute approximate surface area is 189 Å². The van der Waals surface area contributed by atoms with Crippen molar-refractivity contribution in [2.75, 3.05) is 17.5 Å². The van der Waals surface area contributed by atoms with Gasteiger partial charge in [-0.25, -0.2) is 13.2 Å². The summed E-state index contributed by atoms with van der Waals surface area (Å²) in [5, 5.41) is 2.94. The number of benzene rings is 2. The number of sulfonamides is 1. The number of nitrogens with one attached hydrogen (secondary N) is 1. The monoisotopic (exact) mass is 458 g/mol. The maximum absolute atomic E-state index is 13.0. The number of carbonyl (C=O) groups excluding carboxylic acids is 2. The Morgan fingerprint density at radius 2 is 1.69 bits per heavy atom. The Kier molecular flexibility index (Phi) is 7.90. The lowest BCUT2D eigenvalue weighted by molar-refractivity contribution is -0.125. The van der Waals surface area contributed by atoms with E-state index in [1.165, 1.54) is 35.0 Å². The summed E-state index contributed by atoms with van der Waals surface area (Å²) in [6.45, 7) is 3.78. The van der Waals surface area contributed by atoms with Crippen LogP contribution in [0.15, 0.2) is 59.5 Å². The van der Waals surface area contributed by atoms with Crippen LogP contribution in [0.5, 0.6) is 0 Å². The number of ether oxygens (including phenoxy) is 1. The molecule has 2 aromatic rings. The third-order valence-corrected chi connectivity index (χ3v) is 7.72. The van der Waals surface area contributed by atoms with Crippen LogP contribution in [0.1, 0.15) is 49.9 Å². The molecule has 0 aliphatic heterocycles. The molecule has 2 atom stereocenters. The zero-order chi connectivity index (χ0) is 23.1. The van der Waals surface area contributed by atoms with Gasteiger partial charge in [-0.2, -0.15) is 0 Å². The molecule has 1 saturated carbocycles. The highest BCUT2D eigenvalue weighted by Gasteiger charge is 2.25. The molecule has 2 unspecified atom stereocenters. The molecular weight excluding hydrogens is 428 g/mol. The molecule has 8 heteroatoms. The lowest BCUT2D eigenvalue weighted by Crippen LogP contribution is -2.42. The summed E-state index contributed by atoms with van der Waals surface area (Å²) >= 11 is 0. The molecule has 0 heterocycles. The fraction of sp³-hybridized carbons (Fsp3) is 0.417. The molecule has 1 aliphatic carbocycles. The fourth-order valence-electron chi connectivity index (χ4n) is 3.97. The van der Waals surface area contributed by atoms with E-state index in [0.29, 0.717) is 11.6 Å². The SMILES string of the molecule is CCN(c1ccccc1)S(=O)(=O)c1ccc(C(=O)OCC(=O)NC2CCCCC2C)cc1. The first-order chi connectivity index (χ1) is 15.3. The number of para-hydroxylation sites is 1. The van der Waals surface area contributed by atoms with E-state index in [9.17, 15) is 18.0 Å². The summed E-state index contributed by atoms with van der Waals surface area (Å²) in [4.78, 5) is 24.5. The Bertz CT molecular complexity index is 1020. The fourth-order valence-corrected chi connectivity index (χ4v) is 5.44. The van der Waals surface area contributed by atoms with E-state index in [1.807, 2.05) is 6.07 Å². The van der Waals surface area contributed by atoms with Crippen LogP contribution in [0.25, 0.3) is 0 Å². The molecular formula is C24H30N2O5S. The Balaban J connectivity index is 1.60. The average molecular weight is 459 g/mol. The summed E-state index contributed by atoms with van der Waals surface area (Å²) in [5.74, 6) is -0.578. The van der Waals surface area contributed by atoms with Crippen LogP contribution in [0, 0.1) is 5.92 Å². The summed E-state index contributed by atoms with van der Waals surface area (Å²) in [6.07, 6.45) is 4.29. The lowest BCUT2D eigenvalue weighted by Gasteiger charge is -2.29. The van der Waals surface area contributed by atoms with Crippen molar-refractivity contribution in [1.82, 2.24) is 5.32 Å². The van der Waals surface area contributed by atoms with Crippen LogP contribution in [0.3, 0.4) is 0 Å². The van der Waals surface area contributed by atoms with Crippen LogP contribution in [0.4, 0.5) is 5.69 Å². The van der Waals surface area contributed by atoms with Crippen molar-refractivity contribution in [3.8, 4) is 0 Å². The van der Waals surface area contributed by atoms with Gasteiger partial charge in [0.15, 0.2) is 6.61 Å². The van der Waals surface area contributed by atoms with Gasteiger partial charge in [0.05, 0.1) is 16.1 Å². The molecule has 0 saturated heterocycles. The molecule has 2 aromatic carbocycles. The molecule has 1 amide bonds. The number of anilines is 1. The number of amides is 1. The first kappa shape index (κ1) is 23.8.